The summed E-state index contributed by atoms with van der Waals surface area (Å²) in [4.78, 5) is 0. The van der Waals surface area contributed by atoms with E-state index in [1.807, 2.05) is 13.0 Å². The molecule has 0 amide bonds. The summed E-state index contributed by atoms with van der Waals surface area (Å²) in [7, 11) is 0. The lowest BCUT2D eigenvalue weighted by molar-refractivity contribution is 0.333. The molecule has 0 unspecified atom stereocenters. The van der Waals surface area contributed by atoms with Crippen LogP contribution in [0.25, 0.3) is 11.3 Å². The lowest BCUT2D eigenvalue weighted by atomic mass is 10.0. The Morgan fingerprint density at radius 3 is 2.81 bits per heavy atom. The molecule has 0 spiro atoms. The van der Waals surface area contributed by atoms with Gasteiger partial charge in [0.2, 0.25) is 0 Å². The number of rotatable bonds is 7. The highest BCUT2D eigenvalue weighted by atomic mass is 32.1. The monoisotopic (exact) mass is 383 g/mol. The molecule has 0 radical (unpaired) electrons. The summed E-state index contributed by atoms with van der Waals surface area (Å²) >= 11 is 5.43. The van der Waals surface area contributed by atoms with Crippen molar-refractivity contribution in [3.05, 3.63) is 57.8 Å². The normalized spacial score (nSPS) is 12.0. The molecular formula is C21H25N3O2S. The van der Waals surface area contributed by atoms with Crippen molar-refractivity contribution in [2.45, 2.75) is 40.0 Å². The molecular weight excluding hydrogens is 358 g/mol. The molecule has 1 heterocycles. The van der Waals surface area contributed by atoms with E-state index in [0.29, 0.717) is 16.2 Å². The molecule has 0 fully saturated rings. The third kappa shape index (κ3) is 4.97. The van der Waals surface area contributed by atoms with Crippen molar-refractivity contribution in [1.29, 1.82) is 0 Å². The van der Waals surface area contributed by atoms with Crippen LogP contribution >= 0.6 is 12.2 Å². The number of aromatic nitrogens is 3. The van der Waals surface area contributed by atoms with Crippen molar-refractivity contribution in [2.24, 2.45) is 0 Å². The number of benzene rings is 1. The van der Waals surface area contributed by atoms with Crippen LogP contribution in [0.2, 0.25) is 0 Å². The number of aliphatic hydroxyl groups excluding tert-OH is 2. The fourth-order valence-corrected chi connectivity index (χ4v) is 3.03. The van der Waals surface area contributed by atoms with Gasteiger partial charge in [0, 0.05) is 6.08 Å². The fraction of sp³-hybridized carbons (Fsp3) is 0.333. The summed E-state index contributed by atoms with van der Waals surface area (Å²) in [6, 6.07) is 6.27. The molecule has 2 aromatic rings. The Balaban J connectivity index is 2.60. The van der Waals surface area contributed by atoms with E-state index in [9.17, 15) is 5.11 Å². The van der Waals surface area contributed by atoms with Gasteiger partial charge in [-0.2, -0.15) is 5.10 Å². The molecule has 1 aromatic carbocycles. The Labute approximate surface area is 165 Å². The third-order valence-electron chi connectivity index (χ3n) is 4.16. The molecule has 0 bridgehead atoms. The standard InChI is InChI=1S/C21H25N3O2S/c1-4-6-8-16-10-11-18(15(3)14-16)24-20(22-23-21(24)27)17(9-7-5-2)19(26)12-13-25/h9-12,14,25-26H,4,6,8,13H2,1-3H3,(H,23,27)/b17-9+,19-12+. The molecule has 2 rings (SSSR count). The highest BCUT2D eigenvalue weighted by molar-refractivity contribution is 7.71. The second-order valence-electron chi connectivity index (χ2n) is 6.14. The SMILES string of the molecule is CC#C/C=C(\C(O)=C/CO)c1n[nH]c(=S)n1-c1ccc(CCCC)cc1C. The van der Waals surface area contributed by atoms with Crippen molar-refractivity contribution < 1.29 is 10.2 Å². The van der Waals surface area contributed by atoms with E-state index in [0.717, 1.165) is 30.5 Å². The topological polar surface area (TPSA) is 74.1 Å². The van der Waals surface area contributed by atoms with Crippen LogP contribution < -0.4 is 0 Å². The van der Waals surface area contributed by atoms with Gasteiger partial charge in [-0.05, 0) is 62.2 Å². The maximum atomic E-state index is 10.3. The van der Waals surface area contributed by atoms with Gasteiger partial charge in [0.15, 0.2) is 10.6 Å². The number of aliphatic hydroxyl groups is 2. The Morgan fingerprint density at radius 1 is 1.41 bits per heavy atom. The average molecular weight is 384 g/mol. The number of unbranched alkanes of at least 4 members (excludes halogenated alkanes) is 1. The zero-order valence-corrected chi connectivity index (χ0v) is 16.7. The van der Waals surface area contributed by atoms with E-state index in [1.165, 1.54) is 11.6 Å². The van der Waals surface area contributed by atoms with Gasteiger partial charge in [-0.3, -0.25) is 9.67 Å². The van der Waals surface area contributed by atoms with Crippen molar-refractivity contribution in [3.63, 3.8) is 0 Å². The molecule has 0 saturated carbocycles. The van der Waals surface area contributed by atoms with Gasteiger partial charge >= 0.3 is 0 Å². The highest BCUT2D eigenvalue weighted by Crippen LogP contribution is 2.25. The number of H-pyrrole nitrogens is 1. The Hall–Kier alpha value is -2.62. The van der Waals surface area contributed by atoms with Gasteiger partial charge in [-0.15, -0.1) is 5.92 Å². The van der Waals surface area contributed by atoms with E-state index >= 15 is 0 Å². The van der Waals surface area contributed by atoms with Crippen LogP contribution in [0.4, 0.5) is 0 Å². The van der Waals surface area contributed by atoms with Crippen LogP contribution in [0, 0.1) is 23.5 Å². The van der Waals surface area contributed by atoms with Crippen LogP contribution in [0.15, 0.2) is 36.1 Å². The number of nitrogens with one attached hydrogen (secondary N) is 1. The molecule has 5 nitrogen and oxygen atoms in total. The van der Waals surface area contributed by atoms with Crippen LogP contribution in [-0.4, -0.2) is 31.6 Å². The van der Waals surface area contributed by atoms with E-state index in [-0.39, 0.29) is 12.4 Å². The minimum absolute atomic E-state index is 0.104. The molecule has 1 aromatic heterocycles. The maximum Gasteiger partial charge on any atom is 0.200 e. The van der Waals surface area contributed by atoms with Gasteiger partial charge in [0.05, 0.1) is 17.9 Å². The first-order valence-corrected chi connectivity index (χ1v) is 9.34. The first-order valence-electron chi connectivity index (χ1n) is 8.93. The zero-order valence-electron chi connectivity index (χ0n) is 15.9. The molecule has 142 valence electrons. The van der Waals surface area contributed by atoms with E-state index < -0.39 is 0 Å². The summed E-state index contributed by atoms with van der Waals surface area (Å²) in [5, 5.41) is 26.6. The quantitative estimate of drug-likeness (QED) is 0.286. The van der Waals surface area contributed by atoms with E-state index in [2.05, 4.69) is 41.1 Å². The number of nitrogens with zero attached hydrogens (tertiary/aromatic N) is 2. The summed E-state index contributed by atoms with van der Waals surface area (Å²) in [5.41, 5.74) is 3.62. The average Bonchev–Trinajstić information content (AvgIpc) is 3.02. The van der Waals surface area contributed by atoms with Gasteiger partial charge in [0.1, 0.15) is 5.76 Å². The third-order valence-corrected chi connectivity index (χ3v) is 4.43. The number of hydrogen-bond acceptors (Lipinski definition) is 4. The lowest BCUT2D eigenvalue weighted by Crippen LogP contribution is -2.05. The number of allylic oxidation sites excluding steroid dienone is 2. The van der Waals surface area contributed by atoms with Crippen LogP contribution in [0.1, 0.15) is 43.6 Å². The number of aryl methyl sites for hydroxylation is 2. The van der Waals surface area contributed by atoms with Gasteiger partial charge in [-0.1, -0.05) is 31.4 Å². The van der Waals surface area contributed by atoms with Gasteiger partial charge < -0.3 is 10.2 Å². The largest absolute Gasteiger partial charge is 0.507 e. The van der Waals surface area contributed by atoms with E-state index in [4.69, 9.17) is 17.3 Å². The van der Waals surface area contributed by atoms with Crippen LogP contribution in [0.3, 0.4) is 0 Å². The maximum absolute atomic E-state index is 10.3. The molecule has 3 N–H and O–H groups in total. The summed E-state index contributed by atoms with van der Waals surface area (Å²) in [6.45, 7) is 5.62. The molecule has 0 aliphatic carbocycles. The van der Waals surface area contributed by atoms with Gasteiger partial charge in [0.25, 0.3) is 0 Å². The number of aromatic amines is 1. The Morgan fingerprint density at radius 2 is 2.19 bits per heavy atom. The van der Waals surface area contributed by atoms with E-state index in [1.54, 1.807) is 17.6 Å². The minimum Gasteiger partial charge on any atom is -0.507 e. The number of hydrogen-bond donors (Lipinski definition) is 3. The van der Waals surface area contributed by atoms with Gasteiger partial charge in [-0.25, -0.2) is 0 Å². The molecule has 6 heteroatoms. The molecule has 0 atom stereocenters. The zero-order chi connectivity index (χ0) is 19.8. The second-order valence-corrected chi connectivity index (χ2v) is 6.52. The van der Waals surface area contributed by atoms with Crippen molar-refractivity contribution in [3.8, 4) is 17.5 Å². The summed E-state index contributed by atoms with van der Waals surface area (Å²) in [5.74, 6) is 5.93. The molecule has 0 aliphatic heterocycles. The summed E-state index contributed by atoms with van der Waals surface area (Å²) < 4.78 is 2.19. The highest BCUT2D eigenvalue weighted by Gasteiger charge is 2.17. The Bertz CT molecular complexity index is 971. The predicted octanol–water partition coefficient (Wildman–Crippen LogP) is 4.42. The Kier molecular flexibility index (Phi) is 7.59. The van der Waals surface area contributed by atoms with Crippen molar-refractivity contribution in [2.75, 3.05) is 6.61 Å². The molecule has 0 aliphatic rings. The van der Waals surface area contributed by atoms with Crippen molar-refractivity contribution in [1.82, 2.24) is 14.8 Å². The first kappa shape index (κ1) is 20.7. The van der Waals surface area contributed by atoms with Crippen LogP contribution in [-0.2, 0) is 6.42 Å². The smallest absolute Gasteiger partial charge is 0.200 e. The minimum atomic E-state index is -0.293. The second kappa shape index (κ2) is 9.91. The lowest BCUT2D eigenvalue weighted by Gasteiger charge is -2.13. The molecule has 27 heavy (non-hydrogen) atoms. The fourth-order valence-electron chi connectivity index (χ4n) is 2.80. The molecule has 0 saturated heterocycles. The van der Waals surface area contributed by atoms with Crippen LogP contribution in [0.5, 0.6) is 0 Å². The predicted molar refractivity (Wildman–Crippen MR) is 111 cm³/mol. The van der Waals surface area contributed by atoms with Crippen molar-refractivity contribution >= 4 is 17.8 Å². The first-order chi connectivity index (χ1) is 13.0. The summed E-state index contributed by atoms with van der Waals surface area (Å²) in [6.07, 6.45) is 6.21.